The summed E-state index contributed by atoms with van der Waals surface area (Å²) in [5.74, 6) is 2.30. The second-order valence-corrected chi connectivity index (χ2v) is 7.52. The molecule has 1 aromatic carbocycles. The molecule has 0 bridgehead atoms. The summed E-state index contributed by atoms with van der Waals surface area (Å²) in [4.78, 5) is 14.3. The van der Waals surface area contributed by atoms with Gasteiger partial charge in [0.15, 0.2) is 6.61 Å². The van der Waals surface area contributed by atoms with Crippen LogP contribution in [0.25, 0.3) is 0 Å². The zero-order chi connectivity index (χ0) is 16.9. The fourth-order valence-electron chi connectivity index (χ4n) is 3.17. The predicted molar refractivity (Wildman–Crippen MR) is 96.4 cm³/mol. The molecule has 1 saturated heterocycles. The van der Waals surface area contributed by atoms with Gasteiger partial charge in [-0.2, -0.15) is 0 Å². The van der Waals surface area contributed by atoms with Gasteiger partial charge in [-0.1, -0.05) is 26.0 Å². The molecular weight excluding hydrogens is 300 g/mol. The van der Waals surface area contributed by atoms with Gasteiger partial charge in [0.05, 0.1) is 0 Å². The van der Waals surface area contributed by atoms with Crippen molar-refractivity contribution in [3.05, 3.63) is 29.8 Å². The lowest BCUT2D eigenvalue weighted by Gasteiger charge is -2.32. The molecule has 1 N–H and O–H groups in total. The van der Waals surface area contributed by atoms with E-state index in [1.54, 1.807) is 0 Å². The van der Waals surface area contributed by atoms with Crippen molar-refractivity contribution in [3.8, 4) is 5.75 Å². The van der Waals surface area contributed by atoms with Gasteiger partial charge in [-0.3, -0.25) is 4.79 Å². The summed E-state index contributed by atoms with van der Waals surface area (Å²) in [7, 11) is 0. The van der Waals surface area contributed by atoms with Gasteiger partial charge in [-0.25, -0.2) is 0 Å². The molecule has 24 heavy (non-hydrogen) atoms. The van der Waals surface area contributed by atoms with E-state index in [1.165, 1.54) is 18.4 Å². The number of rotatable bonds is 7. The highest BCUT2D eigenvalue weighted by atomic mass is 16.5. The van der Waals surface area contributed by atoms with Crippen LogP contribution in [0.1, 0.15) is 51.0 Å². The van der Waals surface area contributed by atoms with Crippen molar-refractivity contribution < 1.29 is 9.53 Å². The van der Waals surface area contributed by atoms with Crippen LogP contribution in [0.4, 0.5) is 0 Å². The van der Waals surface area contributed by atoms with Crippen LogP contribution in [0.3, 0.4) is 0 Å². The lowest BCUT2D eigenvalue weighted by molar-refractivity contribution is -0.134. The van der Waals surface area contributed by atoms with Gasteiger partial charge < -0.3 is 15.0 Å². The molecule has 3 rings (SSSR count). The molecule has 0 spiro atoms. The third kappa shape index (κ3) is 4.97. The number of carbonyl (C=O) groups excluding carboxylic acids is 1. The highest BCUT2D eigenvalue weighted by Crippen LogP contribution is 2.28. The Morgan fingerprint density at radius 2 is 1.83 bits per heavy atom. The van der Waals surface area contributed by atoms with Crippen LogP contribution in [0.5, 0.6) is 5.75 Å². The number of amides is 1. The minimum atomic E-state index is 0.101. The zero-order valence-corrected chi connectivity index (χ0v) is 15.0. The van der Waals surface area contributed by atoms with Crippen LogP contribution in [0.15, 0.2) is 24.3 Å². The topological polar surface area (TPSA) is 41.6 Å². The Bertz CT molecular complexity index is 529. The van der Waals surface area contributed by atoms with Crippen molar-refractivity contribution >= 4 is 5.91 Å². The van der Waals surface area contributed by atoms with E-state index in [-0.39, 0.29) is 12.5 Å². The van der Waals surface area contributed by atoms with E-state index in [1.807, 2.05) is 17.0 Å². The second-order valence-electron chi connectivity index (χ2n) is 7.52. The quantitative estimate of drug-likeness (QED) is 0.835. The number of ether oxygens (including phenoxy) is 1. The third-order valence-corrected chi connectivity index (χ3v) is 5.15. The average molecular weight is 330 g/mol. The van der Waals surface area contributed by atoms with Crippen LogP contribution in [-0.2, 0) is 4.79 Å². The van der Waals surface area contributed by atoms with Crippen LogP contribution < -0.4 is 10.1 Å². The van der Waals surface area contributed by atoms with Gasteiger partial charge in [0.2, 0.25) is 0 Å². The highest BCUT2D eigenvalue weighted by Gasteiger charge is 2.26. The Balaban J connectivity index is 1.37. The molecule has 0 unspecified atom stereocenters. The molecule has 1 saturated carbocycles. The van der Waals surface area contributed by atoms with Crippen molar-refractivity contribution in [2.75, 3.05) is 26.2 Å². The van der Waals surface area contributed by atoms with Gasteiger partial charge in [0.1, 0.15) is 5.75 Å². The Hall–Kier alpha value is -1.55. The van der Waals surface area contributed by atoms with Gasteiger partial charge >= 0.3 is 0 Å². The van der Waals surface area contributed by atoms with E-state index in [0.717, 1.165) is 44.1 Å². The predicted octanol–water partition coefficient (Wildman–Crippen LogP) is 3.18. The SMILES string of the molecule is CC(C)c1ccc(OCC(=O)N2CCC(NCC3CC3)CC2)cc1. The van der Waals surface area contributed by atoms with Crippen molar-refractivity contribution in [3.63, 3.8) is 0 Å². The fourth-order valence-corrected chi connectivity index (χ4v) is 3.17. The molecule has 2 fully saturated rings. The number of nitrogens with zero attached hydrogens (tertiary/aromatic N) is 1. The highest BCUT2D eigenvalue weighted by molar-refractivity contribution is 5.77. The third-order valence-electron chi connectivity index (χ3n) is 5.15. The first kappa shape index (κ1) is 17.3. The minimum Gasteiger partial charge on any atom is -0.484 e. The van der Waals surface area contributed by atoms with E-state index in [2.05, 4.69) is 31.3 Å². The molecule has 132 valence electrons. The van der Waals surface area contributed by atoms with Crippen LogP contribution in [-0.4, -0.2) is 43.1 Å². The fraction of sp³-hybridized carbons (Fsp3) is 0.650. The van der Waals surface area contributed by atoms with E-state index in [0.29, 0.717) is 12.0 Å². The Labute approximate surface area is 145 Å². The molecule has 0 radical (unpaired) electrons. The molecule has 1 heterocycles. The molecular formula is C20H30N2O2. The monoisotopic (exact) mass is 330 g/mol. The van der Waals surface area contributed by atoms with Crippen LogP contribution in [0, 0.1) is 5.92 Å². The van der Waals surface area contributed by atoms with Gasteiger partial charge in [-0.15, -0.1) is 0 Å². The van der Waals surface area contributed by atoms with Crippen LogP contribution >= 0.6 is 0 Å². The minimum absolute atomic E-state index is 0.101. The number of hydrogen-bond acceptors (Lipinski definition) is 3. The standard InChI is InChI=1S/C20H30N2O2/c1-15(2)17-5-7-19(8-6-17)24-14-20(23)22-11-9-18(10-12-22)21-13-16-3-4-16/h5-8,15-16,18,21H,3-4,9-14H2,1-2H3. The maximum absolute atomic E-state index is 12.3. The molecule has 4 heteroatoms. The number of piperidine rings is 1. The van der Waals surface area contributed by atoms with E-state index >= 15 is 0 Å². The Kier molecular flexibility index (Phi) is 5.77. The van der Waals surface area contributed by atoms with Crippen molar-refractivity contribution in [1.29, 1.82) is 0 Å². The summed E-state index contributed by atoms with van der Waals surface area (Å²) in [5.41, 5.74) is 1.29. The first-order chi connectivity index (χ1) is 11.6. The number of nitrogens with one attached hydrogen (secondary N) is 1. The molecule has 2 aliphatic rings. The summed E-state index contributed by atoms with van der Waals surface area (Å²) < 4.78 is 5.66. The molecule has 1 aliphatic heterocycles. The molecule has 1 amide bonds. The smallest absolute Gasteiger partial charge is 0.260 e. The lowest BCUT2D eigenvalue weighted by atomic mass is 10.0. The van der Waals surface area contributed by atoms with Gasteiger partial charge in [0, 0.05) is 19.1 Å². The summed E-state index contributed by atoms with van der Waals surface area (Å²) in [5, 5.41) is 3.65. The number of benzene rings is 1. The van der Waals surface area contributed by atoms with Crippen molar-refractivity contribution in [2.45, 2.75) is 51.5 Å². The molecule has 1 aromatic rings. The zero-order valence-electron chi connectivity index (χ0n) is 15.0. The first-order valence-electron chi connectivity index (χ1n) is 9.35. The van der Waals surface area contributed by atoms with E-state index < -0.39 is 0 Å². The summed E-state index contributed by atoms with van der Waals surface area (Å²) in [6.07, 6.45) is 4.89. The normalized spacial score (nSPS) is 18.9. The largest absolute Gasteiger partial charge is 0.484 e. The maximum Gasteiger partial charge on any atom is 0.260 e. The summed E-state index contributed by atoms with van der Waals surface area (Å²) >= 11 is 0. The maximum atomic E-state index is 12.3. The van der Waals surface area contributed by atoms with E-state index in [4.69, 9.17) is 4.74 Å². The number of carbonyl (C=O) groups is 1. The van der Waals surface area contributed by atoms with Gasteiger partial charge in [-0.05, 0) is 61.8 Å². The number of hydrogen-bond donors (Lipinski definition) is 1. The Morgan fingerprint density at radius 1 is 1.17 bits per heavy atom. The number of likely N-dealkylation sites (tertiary alicyclic amines) is 1. The second kappa shape index (κ2) is 8.02. The average Bonchev–Trinajstić information content (AvgIpc) is 3.43. The first-order valence-corrected chi connectivity index (χ1v) is 9.35. The molecule has 1 aliphatic carbocycles. The lowest BCUT2D eigenvalue weighted by Crippen LogP contribution is -2.46. The summed E-state index contributed by atoms with van der Waals surface area (Å²) in [6.45, 7) is 7.33. The molecule has 0 aromatic heterocycles. The molecule has 4 nitrogen and oxygen atoms in total. The van der Waals surface area contributed by atoms with Gasteiger partial charge in [0.25, 0.3) is 5.91 Å². The van der Waals surface area contributed by atoms with Crippen molar-refractivity contribution in [1.82, 2.24) is 10.2 Å². The molecule has 0 atom stereocenters. The summed E-state index contributed by atoms with van der Waals surface area (Å²) in [6, 6.07) is 8.63. The van der Waals surface area contributed by atoms with E-state index in [9.17, 15) is 4.79 Å². The Morgan fingerprint density at radius 3 is 2.42 bits per heavy atom. The van der Waals surface area contributed by atoms with Crippen molar-refractivity contribution in [2.24, 2.45) is 5.92 Å². The van der Waals surface area contributed by atoms with Crippen LogP contribution in [0.2, 0.25) is 0 Å².